The lowest BCUT2D eigenvalue weighted by Gasteiger charge is -2.19. The van der Waals surface area contributed by atoms with E-state index in [1.165, 1.54) is 4.90 Å². The van der Waals surface area contributed by atoms with Crippen molar-refractivity contribution in [2.24, 2.45) is 23.7 Å². The van der Waals surface area contributed by atoms with Crippen LogP contribution in [0, 0.1) is 30.6 Å². The van der Waals surface area contributed by atoms with Gasteiger partial charge in [0, 0.05) is 5.69 Å². The Kier molecular flexibility index (Phi) is 2.67. The molecule has 4 heteroatoms. The van der Waals surface area contributed by atoms with Crippen LogP contribution in [0.4, 0.5) is 5.69 Å². The van der Waals surface area contributed by atoms with Gasteiger partial charge in [-0.2, -0.15) is 0 Å². The van der Waals surface area contributed by atoms with Gasteiger partial charge >= 0.3 is 0 Å². The van der Waals surface area contributed by atoms with Gasteiger partial charge in [0.25, 0.3) is 0 Å². The van der Waals surface area contributed by atoms with E-state index in [1.807, 2.05) is 31.2 Å². The number of rotatable bonds is 3. The molecule has 0 spiro atoms. The molecular weight excluding hydrogens is 264 g/mol. The number of benzene rings is 1. The van der Waals surface area contributed by atoms with Crippen LogP contribution in [-0.2, 0) is 9.59 Å². The lowest BCUT2D eigenvalue weighted by atomic mass is 9.85. The Morgan fingerprint density at radius 3 is 2.33 bits per heavy atom. The van der Waals surface area contributed by atoms with Gasteiger partial charge in [-0.15, -0.1) is 0 Å². The molecule has 3 aliphatic rings. The molecule has 4 atom stereocenters. The molecule has 0 unspecified atom stereocenters. The third kappa shape index (κ3) is 1.75. The summed E-state index contributed by atoms with van der Waals surface area (Å²) < 4.78 is 0. The van der Waals surface area contributed by atoms with Crippen molar-refractivity contribution >= 4 is 17.5 Å². The third-order valence-electron chi connectivity index (χ3n) is 5.13. The SMILES string of the molecule is Cc1ccccc1NCN1C(=O)[C@@H]2[C@H](C1=O)[C@H]1C=C[C@@H]2C1. The van der Waals surface area contributed by atoms with Crippen LogP contribution in [0.1, 0.15) is 12.0 Å². The van der Waals surface area contributed by atoms with E-state index < -0.39 is 0 Å². The summed E-state index contributed by atoms with van der Waals surface area (Å²) in [5.41, 5.74) is 2.08. The molecular formula is C17H18N2O2. The number of hydrogen-bond acceptors (Lipinski definition) is 3. The first-order valence-electron chi connectivity index (χ1n) is 7.50. The Hall–Kier alpha value is -2.10. The number of carbonyl (C=O) groups excluding carboxylic acids is 2. The highest BCUT2D eigenvalue weighted by Crippen LogP contribution is 2.52. The van der Waals surface area contributed by atoms with E-state index in [1.54, 1.807) is 0 Å². The van der Waals surface area contributed by atoms with Gasteiger partial charge in [0.1, 0.15) is 0 Å². The highest BCUT2D eigenvalue weighted by Gasteiger charge is 2.59. The zero-order chi connectivity index (χ0) is 14.6. The molecule has 108 valence electrons. The van der Waals surface area contributed by atoms with Crippen molar-refractivity contribution in [3.8, 4) is 0 Å². The summed E-state index contributed by atoms with van der Waals surface area (Å²) in [7, 11) is 0. The normalized spacial score (nSPS) is 32.9. The average molecular weight is 282 g/mol. The smallest absolute Gasteiger partial charge is 0.235 e. The molecule has 4 rings (SSSR count). The lowest BCUT2D eigenvalue weighted by molar-refractivity contribution is -0.140. The highest BCUT2D eigenvalue weighted by molar-refractivity contribution is 6.06. The van der Waals surface area contributed by atoms with Gasteiger partial charge in [-0.3, -0.25) is 14.5 Å². The second-order valence-corrected chi connectivity index (χ2v) is 6.25. The van der Waals surface area contributed by atoms with Crippen LogP contribution in [0.25, 0.3) is 0 Å². The molecule has 0 aromatic heterocycles. The van der Waals surface area contributed by atoms with Crippen LogP contribution < -0.4 is 5.32 Å². The minimum atomic E-state index is -0.105. The topological polar surface area (TPSA) is 49.4 Å². The second-order valence-electron chi connectivity index (χ2n) is 6.25. The van der Waals surface area contributed by atoms with Crippen molar-refractivity contribution < 1.29 is 9.59 Å². The van der Waals surface area contributed by atoms with Crippen LogP contribution in [0.3, 0.4) is 0 Å². The summed E-state index contributed by atoms with van der Waals surface area (Å²) in [6, 6.07) is 7.89. The lowest BCUT2D eigenvalue weighted by Crippen LogP contribution is -2.37. The standard InChI is InChI=1S/C17H18N2O2/c1-10-4-2-3-5-13(10)18-9-19-16(20)14-11-6-7-12(8-11)15(14)17(19)21/h2-7,11-12,14-15,18H,8-9H2,1H3/t11-,12+,14+,15-. The molecule has 1 heterocycles. The molecule has 21 heavy (non-hydrogen) atoms. The zero-order valence-corrected chi connectivity index (χ0v) is 12.0. The first-order valence-corrected chi connectivity index (χ1v) is 7.50. The Morgan fingerprint density at radius 1 is 1.10 bits per heavy atom. The van der Waals surface area contributed by atoms with Gasteiger partial charge in [0.15, 0.2) is 0 Å². The summed E-state index contributed by atoms with van der Waals surface area (Å²) >= 11 is 0. The molecule has 4 nitrogen and oxygen atoms in total. The van der Waals surface area contributed by atoms with E-state index >= 15 is 0 Å². The largest absolute Gasteiger partial charge is 0.367 e. The number of anilines is 1. The molecule has 2 amide bonds. The van der Waals surface area contributed by atoms with Crippen molar-refractivity contribution in [2.75, 3.05) is 12.0 Å². The maximum Gasteiger partial charge on any atom is 0.235 e. The summed E-state index contributed by atoms with van der Waals surface area (Å²) in [5.74, 6) is 0.350. The van der Waals surface area contributed by atoms with Gasteiger partial charge in [-0.05, 0) is 36.8 Å². The maximum absolute atomic E-state index is 12.5. The minimum absolute atomic E-state index is 0.00272. The number of nitrogens with zero attached hydrogens (tertiary/aromatic N) is 1. The Labute approximate surface area is 123 Å². The van der Waals surface area contributed by atoms with Crippen molar-refractivity contribution in [3.05, 3.63) is 42.0 Å². The van der Waals surface area contributed by atoms with Gasteiger partial charge in [0.05, 0.1) is 18.5 Å². The van der Waals surface area contributed by atoms with Gasteiger partial charge in [-0.25, -0.2) is 0 Å². The van der Waals surface area contributed by atoms with Gasteiger partial charge < -0.3 is 5.32 Å². The van der Waals surface area contributed by atoms with Crippen molar-refractivity contribution in [2.45, 2.75) is 13.3 Å². The minimum Gasteiger partial charge on any atom is -0.367 e. The first kappa shape index (κ1) is 12.6. The number of aryl methyl sites for hydroxylation is 1. The number of nitrogens with one attached hydrogen (secondary N) is 1. The average Bonchev–Trinajstić information content (AvgIpc) is 3.14. The number of hydrogen-bond donors (Lipinski definition) is 1. The van der Waals surface area contributed by atoms with E-state index in [-0.39, 0.29) is 42.2 Å². The third-order valence-corrected chi connectivity index (χ3v) is 5.13. The number of amides is 2. The number of allylic oxidation sites excluding steroid dienone is 2. The Balaban J connectivity index is 1.51. The van der Waals surface area contributed by atoms with Crippen molar-refractivity contribution in [1.82, 2.24) is 4.90 Å². The first-order chi connectivity index (χ1) is 10.2. The maximum atomic E-state index is 12.5. The monoisotopic (exact) mass is 282 g/mol. The summed E-state index contributed by atoms with van der Waals surface area (Å²) in [6.45, 7) is 2.28. The van der Waals surface area contributed by atoms with Gasteiger partial charge in [-0.1, -0.05) is 30.4 Å². The fraction of sp³-hybridized carbons (Fsp3) is 0.412. The Morgan fingerprint density at radius 2 is 1.71 bits per heavy atom. The fourth-order valence-electron chi connectivity index (χ4n) is 4.06. The van der Waals surface area contributed by atoms with Gasteiger partial charge in [0.2, 0.25) is 11.8 Å². The molecule has 1 N–H and O–H groups in total. The molecule has 2 aliphatic carbocycles. The molecule has 0 radical (unpaired) electrons. The summed E-state index contributed by atoms with van der Waals surface area (Å²) in [6.07, 6.45) is 5.22. The fourth-order valence-corrected chi connectivity index (χ4v) is 4.06. The predicted molar refractivity (Wildman–Crippen MR) is 79.2 cm³/mol. The van der Waals surface area contributed by atoms with E-state index in [0.29, 0.717) is 0 Å². The predicted octanol–water partition coefficient (Wildman–Crippen LogP) is 2.17. The number of imide groups is 1. The van der Waals surface area contributed by atoms with Crippen LogP contribution in [0.15, 0.2) is 36.4 Å². The summed E-state index contributed by atoms with van der Waals surface area (Å²) in [5, 5.41) is 3.22. The molecule has 1 saturated carbocycles. The summed E-state index contributed by atoms with van der Waals surface area (Å²) in [4.78, 5) is 26.5. The van der Waals surface area contributed by atoms with E-state index in [4.69, 9.17) is 0 Å². The highest BCUT2D eigenvalue weighted by atomic mass is 16.2. The Bertz CT molecular complexity index is 622. The molecule has 1 aliphatic heterocycles. The van der Waals surface area contributed by atoms with Crippen LogP contribution in [-0.4, -0.2) is 23.4 Å². The number of carbonyl (C=O) groups is 2. The molecule has 1 aromatic carbocycles. The number of para-hydroxylation sites is 1. The van der Waals surface area contributed by atoms with Crippen molar-refractivity contribution in [1.29, 1.82) is 0 Å². The van der Waals surface area contributed by atoms with Crippen LogP contribution >= 0.6 is 0 Å². The zero-order valence-electron chi connectivity index (χ0n) is 12.0. The number of likely N-dealkylation sites (tertiary alicyclic amines) is 1. The number of fused-ring (bicyclic) bond motifs is 5. The quantitative estimate of drug-likeness (QED) is 0.683. The molecule has 1 saturated heterocycles. The molecule has 2 bridgehead atoms. The van der Waals surface area contributed by atoms with Crippen LogP contribution in [0.2, 0.25) is 0 Å². The van der Waals surface area contributed by atoms with E-state index in [2.05, 4.69) is 17.5 Å². The second kappa shape index (κ2) is 4.45. The molecule has 2 fully saturated rings. The van der Waals surface area contributed by atoms with E-state index in [0.717, 1.165) is 17.7 Å². The van der Waals surface area contributed by atoms with E-state index in [9.17, 15) is 9.59 Å². The molecule has 1 aromatic rings. The van der Waals surface area contributed by atoms with Crippen LogP contribution in [0.5, 0.6) is 0 Å². The van der Waals surface area contributed by atoms with Crippen molar-refractivity contribution in [3.63, 3.8) is 0 Å².